The van der Waals surface area contributed by atoms with Crippen molar-refractivity contribution < 1.29 is 9.18 Å². The molecule has 1 aromatic carbocycles. The van der Waals surface area contributed by atoms with Gasteiger partial charge in [0, 0.05) is 27.4 Å². The number of carbonyl (C=O) groups excluding carboxylic acids is 1. The molecule has 2 N–H and O–H groups in total. The molecule has 0 saturated carbocycles. The molecule has 98 valence electrons. The number of nitrogens with zero attached hydrogens (tertiary/aromatic N) is 1. The summed E-state index contributed by atoms with van der Waals surface area (Å²) in [5, 5.41) is 0. The smallest absolute Gasteiger partial charge is 0.249 e. The van der Waals surface area contributed by atoms with Crippen molar-refractivity contribution in [1.82, 2.24) is 4.98 Å². The number of carbonyl (C=O) groups is 1. The minimum Gasteiger partial charge on any atom is -0.366 e. The lowest BCUT2D eigenvalue weighted by Gasteiger charge is -2.10. The van der Waals surface area contributed by atoms with Gasteiger partial charge in [-0.1, -0.05) is 6.07 Å². The summed E-state index contributed by atoms with van der Waals surface area (Å²) in [7, 11) is 0. The van der Waals surface area contributed by atoms with Crippen LogP contribution in [0.4, 0.5) is 4.39 Å². The molecule has 1 amide bonds. The van der Waals surface area contributed by atoms with Gasteiger partial charge in [0.05, 0.1) is 0 Å². The van der Waals surface area contributed by atoms with Gasteiger partial charge in [-0.05, 0) is 58.8 Å². The summed E-state index contributed by atoms with van der Waals surface area (Å²) in [5.74, 6) is -0.808. The summed E-state index contributed by atoms with van der Waals surface area (Å²) in [4.78, 5) is 15.5. The number of hydrogen-bond acceptors (Lipinski definition) is 2. The van der Waals surface area contributed by atoms with Gasteiger partial charge in [0.25, 0.3) is 0 Å². The van der Waals surface area contributed by atoms with Gasteiger partial charge in [0.1, 0.15) is 5.82 Å². The van der Waals surface area contributed by atoms with Gasteiger partial charge in [-0.25, -0.2) is 4.39 Å². The van der Waals surface area contributed by atoms with E-state index in [0.29, 0.717) is 28.8 Å². The molecule has 0 atom stereocenters. The van der Waals surface area contributed by atoms with E-state index in [4.69, 9.17) is 5.73 Å². The summed E-state index contributed by atoms with van der Waals surface area (Å²) < 4.78 is 14.7. The number of nitrogens with two attached hydrogens (primary N) is 1. The summed E-state index contributed by atoms with van der Waals surface area (Å²) in [6.45, 7) is 1.78. The van der Waals surface area contributed by atoms with Crippen LogP contribution in [0.3, 0.4) is 0 Å². The van der Waals surface area contributed by atoms with E-state index in [1.54, 1.807) is 19.1 Å². The highest BCUT2D eigenvalue weighted by atomic mass is 127. The van der Waals surface area contributed by atoms with Crippen molar-refractivity contribution in [2.24, 2.45) is 5.73 Å². The number of halogens is 2. The molecule has 2 rings (SSSR count). The van der Waals surface area contributed by atoms with Crippen LogP contribution in [0.25, 0.3) is 0 Å². The van der Waals surface area contributed by atoms with E-state index in [-0.39, 0.29) is 5.82 Å². The van der Waals surface area contributed by atoms with Crippen LogP contribution in [0.5, 0.6) is 0 Å². The fourth-order valence-electron chi connectivity index (χ4n) is 1.91. The number of pyridine rings is 1. The maximum absolute atomic E-state index is 13.9. The van der Waals surface area contributed by atoms with E-state index < -0.39 is 5.91 Å². The van der Waals surface area contributed by atoms with E-state index in [0.717, 1.165) is 3.57 Å². The quantitative estimate of drug-likeness (QED) is 0.845. The molecule has 0 saturated heterocycles. The van der Waals surface area contributed by atoms with Crippen molar-refractivity contribution >= 4 is 28.5 Å². The standard InChI is InChI=1S/C14H12FIN2O/c1-8-12(11(14(17)19)4-5-18-8)6-9-2-3-10(16)7-13(9)15/h2-5,7H,6H2,1H3,(H2,17,19). The largest absolute Gasteiger partial charge is 0.366 e. The van der Waals surface area contributed by atoms with Crippen LogP contribution >= 0.6 is 22.6 Å². The lowest BCUT2D eigenvalue weighted by atomic mass is 9.98. The van der Waals surface area contributed by atoms with Crippen LogP contribution in [0, 0.1) is 16.3 Å². The Morgan fingerprint density at radius 2 is 2.16 bits per heavy atom. The zero-order chi connectivity index (χ0) is 14.0. The fourth-order valence-corrected chi connectivity index (χ4v) is 2.36. The zero-order valence-corrected chi connectivity index (χ0v) is 12.4. The molecule has 1 aromatic heterocycles. The summed E-state index contributed by atoms with van der Waals surface area (Å²) in [5.41, 5.74) is 7.62. The van der Waals surface area contributed by atoms with E-state index in [1.165, 1.54) is 12.3 Å². The Kier molecular flexibility index (Phi) is 4.14. The molecule has 0 bridgehead atoms. The lowest BCUT2D eigenvalue weighted by Crippen LogP contribution is -2.15. The third-order valence-corrected chi connectivity index (χ3v) is 3.59. The van der Waals surface area contributed by atoms with Crippen molar-refractivity contribution in [3.05, 3.63) is 62.2 Å². The van der Waals surface area contributed by atoms with Crippen LogP contribution < -0.4 is 5.73 Å². The van der Waals surface area contributed by atoms with Crippen molar-refractivity contribution in [3.8, 4) is 0 Å². The van der Waals surface area contributed by atoms with E-state index in [2.05, 4.69) is 27.6 Å². The van der Waals surface area contributed by atoms with Crippen LogP contribution in [0.15, 0.2) is 30.5 Å². The van der Waals surface area contributed by atoms with Crippen LogP contribution in [0.2, 0.25) is 0 Å². The average molecular weight is 370 g/mol. The fraction of sp³-hybridized carbons (Fsp3) is 0.143. The summed E-state index contributed by atoms with van der Waals surface area (Å²) >= 11 is 2.05. The summed E-state index contributed by atoms with van der Waals surface area (Å²) in [6, 6.07) is 6.57. The van der Waals surface area contributed by atoms with Gasteiger partial charge < -0.3 is 5.73 Å². The number of primary amides is 1. The maximum Gasteiger partial charge on any atom is 0.249 e. The predicted octanol–water partition coefficient (Wildman–Crippen LogP) is 2.82. The molecule has 0 radical (unpaired) electrons. The molecule has 3 nitrogen and oxygen atoms in total. The zero-order valence-electron chi connectivity index (χ0n) is 10.3. The first-order valence-corrected chi connectivity index (χ1v) is 6.75. The highest BCUT2D eigenvalue weighted by molar-refractivity contribution is 14.1. The van der Waals surface area contributed by atoms with E-state index in [1.807, 2.05) is 6.07 Å². The van der Waals surface area contributed by atoms with Crippen LogP contribution in [-0.4, -0.2) is 10.9 Å². The SMILES string of the molecule is Cc1nccc(C(N)=O)c1Cc1ccc(I)cc1F. The molecule has 2 aromatic rings. The number of aryl methyl sites for hydroxylation is 1. The van der Waals surface area contributed by atoms with Gasteiger partial charge >= 0.3 is 0 Å². The Morgan fingerprint density at radius 3 is 2.79 bits per heavy atom. The molecule has 1 heterocycles. The molecule has 0 aliphatic carbocycles. The van der Waals surface area contributed by atoms with Crippen molar-refractivity contribution in [3.63, 3.8) is 0 Å². The highest BCUT2D eigenvalue weighted by Crippen LogP contribution is 2.20. The number of rotatable bonds is 3. The molecular weight excluding hydrogens is 358 g/mol. The molecule has 0 fully saturated rings. The van der Waals surface area contributed by atoms with Gasteiger partial charge in [0.15, 0.2) is 0 Å². The minimum atomic E-state index is -0.522. The molecule has 0 unspecified atom stereocenters. The first-order chi connectivity index (χ1) is 8.99. The van der Waals surface area contributed by atoms with Gasteiger partial charge in [-0.2, -0.15) is 0 Å². The maximum atomic E-state index is 13.9. The van der Waals surface area contributed by atoms with Crippen LogP contribution in [0.1, 0.15) is 27.2 Å². The first-order valence-electron chi connectivity index (χ1n) is 5.67. The van der Waals surface area contributed by atoms with Crippen molar-refractivity contribution in [1.29, 1.82) is 0 Å². The second kappa shape index (κ2) is 5.64. The van der Waals surface area contributed by atoms with Crippen molar-refractivity contribution in [2.45, 2.75) is 13.3 Å². The Labute approximate surface area is 124 Å². The third kappa shape index (κ3) is 3.09. The predicted molar refractivity (Wildman–Crippen MR) is 79.4 cm³/mol. The molecule has 5 heteroatoms. The normalized spacial score (nSPS) is 10.5. The Balaban J connectivity index is 2.46. The molecule has 0 spiro atoms. The average Bonchev–Trinajstić information content (AvgIpc) is 2.34. The van der Waals surface area contributed by atoms with E-state index in [9.17, 15) is 9.18 Å². The second-order valence-electron chi connectivity index (χ2n) is 4.20. The van der Waals surface area contributed by atoms with Gasteiger partial charge in [0.2, 0.25) is 5.91 Å². The number of hydrogen-bond donors (Lipinski definition) is 1. The third-order valence-electron chi connectivity index (χ3n) is 2.92. The molecule has 0 aliphatic heterocycles. The monoisotopic (exact) mass is 370 g/mol. The highest BCUT2D eigenvalue weighted by Gasteiger charge is 2.13. The summed E-state index contributed by atoms with van der Waals surface area (Å²) in [6.07, 6.45) is 1.84. The van der Waals surface area contributed by atoms with Crippen molar-refractivity contribution in [2.75, 3.05) is 0 Å². The lowest BCUT2D eigenvalue weighted by molar-refractivity contribution is 0.0999. The molecule has 19 heavy (non-hydrogen) atoms. The first kappa shape index (κ1) is 13.9. The molecular formula is C14H12FIN2O. The van der Waals surface area contributed by atoms with Gasteiger partial charge in [-0.3, -0.25) is 9.78 Å². The van der Waals surface area contributed by atoms with E-state index >= 15 is 0 Å². The molecule has 0 aliphatic rings. The number of amides is 1. The van der Waals surface area contributed by atoms with Crippen LogP contribution in [-0.2, 0) is 6.42 Å². The second-order valence-corrected chi connectivity index (χ2v) is 5.44. The minimum absolute atomic E-state index is 0.287. The Bertz CT molecular complexity index is 643. The topological polar surface area (TPSA) is 56.0 Å². The Hall–Kier alpha value is -1.50. The van der Waals surface area contributed by atoms with Gasteiger partial charge in [-0.15, -0.1) is 0 Å². The number of benzene rings is 1. The Morgan fingerprint density at radius 1 is 1.42 bits per heavy atom. The number of aromatic nitrogens is 1.